The molecule has 3 heteroatoms. The van der Waals surface area contributed by atoms with E-state index in [1.54, 1.807) is 24.3 Å². The molecule has 1 amide bonds. The number of benzene rings is 2. The van der Waals surface area contributed by atoms with Crippen LogP contribution in [0.1, 0.15) is 60.4 Å². The first kappa shape index (κ1) is 15.6. The number of ether oxygens (including phenoxy) is 1. The van der Waals surface area contributed by atoms with Crippen LogP contribution in [0.3, 0.4) is 0 Å². The topological polar surface area (TPSA) is 52.3 Å². The van der Waals surface area contributed by atoms with Gasteiger partial charge in [-0.2, -0.15) is 0 Å². The molecule has 23 heavy (non-hydrogen) atoms. The van der Waals surface area contributed by atoms with Gasteiger partial charge in [0.05, 0.1) is 0 Å². The number of amides is 1. The number of hydrogen-bond acceptors (Lipinski definition) is 2. The van der Waals surface area contributed by atoms with Crippen molar-refractivity contribution in [1.82, 2.24) is 0 Å². The van der Waals surface area contributed by atoms with Crippen LogP contribution in [-0.4, -0.2) is 5.91 Å². The summed E-state index contributed by atoms with van der Waals surface area (Å²) in [5, 5.41) is 0. The number of rotatable bonds is 4. The van der Waals surface area contributed by atoms with Gasteiger partial charge in [-0.1, -0.05) is 37.8 Å². The van der Waals surface area contributed by atoms with Crippen molar-refractivity contribution in [2.75, 3.05) is 0 Å². The van der Waals surface area contributed by atoms with Gasteiger partial charge in [0.2, 0.25) is 5.91 Å². The van der Waals surface area contributed by atoms with Gasteiger partial charge in [0.25, 0.3) is 0 Å². The molecule has 1 fully saturated rings. The lowest BCUT2D eigenvalue weighted by Crippen LogP contribution is -2.10. The summed E-state index contributed by atoms with van der Waals surface area (Å²) in [5.74, 6) is 1.79. The van der Waals surface area contributed by atoms with Crippen LogP contribution in [0.25, 0.3) is 0 Å². The molecule has 0 heterocycles. The largest absolute Gasteiger partial charge is 0.457 e. The molecule has 2 aromatic carbocycles. The SMILES string of the molecule is NC(=O)c1ccc(Oc2ccc(C3CCCCCC3)cc2)cc1. The molecule has 1 aliphatic rings. The molecule has 0 unspecified atom stereocenters. The zero-order valence-corrected chi connectivity index (χ0v) is 13.3. The van der Waals surface area contributed by atoms with E-state index in [2.05, 4.69) is 12.1 Å². The van der Waals surface area contributed by atoms with E-state index in [-0.39, 0.29) is 0 Å². The summed E-state index contributed by atoms with van der Waals surface area (Å²) in [4.78, 5) is 11.1. The predicted molar refractivity (Wildman–Crippen MR) is 91.9 cm³/mol. The highest BCUT2D eigenvalue weighted by Crippen LogP contribution is 2.33. The van der Waals surface area contributed by atoms with Crippen LogP contribution in [0.4, 0.5) is 0 Å². The van der Waals surface area contributed by atoms with E-state index < -0.39 is 5.91 Å². The Hall–Kier alpha value is -2.29. The van der Waals surface area contributed by atoms with Crippen LogP contribution in [0, 0.1) is 0 Å². The summed E-state index contributed by atoms with van der Waals surface area (Å²) in [6.07, 6.45) is 8.03. The summed E-state index contributed by atoms with van der Waals surface area (Å²) < 4.78 is 5.83. The zero-order valence-electron chi connectivity index (χ0n) is 13.3. The third kappa shape index (κ3) is 4.13. The molecule has 2 N–H and O–H groups in total. The third-order valence-corrected chi connectivity index (χ3v) is 4.58. The van der Waals surface area contributed by atoms with Crippen LogP contribution in [-0.2, 0) is 0 Å². The molecule has 0 bridgehead atoms. The Kier molecular flexibility index (Phi) is 4.96. The average Bonchev–Trinajstić information content (AvgIpc) is 2.85. The quantitative estimate of drug-likeness (QED) is 0.807. The molecule has 0 aliphatic heterocycles. The minimum atomic E-state index is -0.427. The number of nitrogens with two attached hydrogens (primary N) is 1. The van der Waals surface area contributed by atoms with E-state index in [4.69, 9.17) is 10.5 Å². The fraction of sp³-hybridized carbons (Fsp3) is 0.350. The van der Waals surface area contributed by atoms with Crippen molar-refractivity contribution < 1.29 is 9.53 Å². The van der Waals surface area contributed by atoms with E-state index in [0.717, 1.165) is 5.75 Å². The van der Waals surface area contributed by atoms with Gasteiger partial charge in [-0.25, -0.2) is 0 Å². The van der Waals surface area contributed by atoms with Crippen molar-refractivity contribution >= 4 is 5.91 Å². The zero-order chi connectivity index (χ0) is 16.1. The Morgan fingerprint density at radius 1 is 0.826 bits per heavy atom. The lowest BCUT2D eigenvalue weighted by atomic mass is 9.92. The average molecular weight is 309 g/mol. The Morgan fingerprint density at radius 3 is 1.87 bits per heavy atom. The molecule has 0 saturated heterocycles. The third-order valence-electron chi connectivity index (χ3n) is 4.58. The summed E-state index contributed by atoms with van der Waals surface area (Å²) in [6, 6.07) is 15.3. The van der Waals surface area contributed by atoms with Gasteiger partial charge in [0, 0.05) is 5.56 Å². The Labute approximate surface area is 137 Å². The van der Waals surface area contributed by atoms with E-state index in [1.807, 2.05) is 12.1 Å². The maximum Gasteiger partial charge on any atom is 0.248 e. The van der Waals surface area contributed by atoms with E-state index in [0.29, 0.717) is 17.2 Å². The van der Waals surface area contributed by atoms with Crippen molar-refractivity contribution in [3.63, 3.8) is 0 Å². The predicted octanol–water partition coefficient (Wildman–Crippen LogP) is 5.02. The van der Waals surface area contributed by atoms with Crippen molar-refractivity contribution in [2.45, 2.75) is 44.4 Å². The van der Waals surface area contributed by atoms with Crippen LogP contribution in [0.15, 0.2) is 48.5 Å². The first-order valence-corrected chi connectivity index (χ1v) is 8.40. The van der Waals surface area contributed by atoms with E-state index >= 15 is 0 Å². The maximum absolute atomic E-state index is 11.1. The van der Waals surface area contributed by atoms with Crippen LogP contribution in [0.2, 0.25) is 0 Å². The molecule has 2 aromatic rings. The highest BCUT2D eigenvalue weighted by Gasteiger charge is 2.14. The van der Waals surface area contributed by atoms with Gasteiger partial charge in [0.15, 0.2) is 0 Å². The van der Waals surface area contributed by atoms with Crippen LogP contribution < -0.4 is 10.5 Å². The molecule has 0 spiro atoms. The van der Waals surface area contributed by atoms with Crippen LogP contribution in [0.5, 0.6) is 11.5 Å². The Balaban J connectivity index is 1.65. The first-order valence-electron chi connectivity index (χ1n) is 8.40. The number of carbonyl (C=O) groups excluding carboxylic acids is 1. The molecular formula is C20H23NO2. The van der Waals surface area contributed by atoms with Gasteiger partial charge < -0.3 is 10.5 Å². The summed E-state index contributed by atoms with van der Waals surface area (Å²) in [6.45, 7) is 0. The summed E-state index contributed by atoms with van der Waals surface area (Å²) in [7, 11) is 0. The lowest BCUT2D eigenvalue weighted by molar-refractivity contribution is 0.100. The summed E-state index contributed by atoms with van der Waals surface area (Å²) in [5.41, 5.74) is 7.14. The maximum atomic E-state index is 11.1. The van der Waals surface area contributed by atoms with E-state index in [9.17, 15) is 4.79 Å². The van der Waals surface area contributed by atoms with Gasteiger partial charge in [0.1, 0.15) is 11.5 Å². The molecule has 120 valence electrons. The molecular weight excluding hydrogens is 286 g/mol. The second-order valence-corrected chi connectivity index (χ2v) is 6.25. The van der Waals surface area contributed by atoms with Gasteiger partial charge in [-0.3, -0.25) is 4.79 Å². The van der Waals surface area contributed by atoms with Gasteiger partial charge in [-0.15, -0.1) is 0 Å². The molecule has 3 rings (SSSR count). The second kappa shape index (κ2) is 7.32. The highest BCUT2D eigenvalue weighted by molar-refractivity contribution is 5.92. The molecule has 0 atom stereocenters. The molecule has 3 nitrogen and oxygen atoms in total. The first-order chi connectivity index (χ1) is 11.2. The minimum Gasteiger partial charge on any atom is -0.457 e. The monoisotopic (exact) mass is 309 g/mol. The smallest absolute Gasteiger partial charge is 0.248 e. The van der Waals surface area contributed by atoms with Gasteiger partial charge >= 0.3 is 0 Å². The molecule has 1 aliphatic carbocycles. The van der Waals surface area contributed by atoms with Gasteiger partial charge in [-0.05, 0) is 60.7 Å². The lowest BCUT2D eigenvalue weighted by Gasteiger charge is -2.15. The highest BCUT2D eigenvalue weighted by atomic mass is 16.5. The van der Waals surface area contributed by atoms with E-state index in [1.165, 1.54) is 44.1 Å². The van der Waals surface area contributed by atoms with Crippen molar-refractivity contribution in [3.05, 3.63) is 59.7 Å². The van der Waals surface area contributed by atoms with Crippen molar-refractivity contribution in [1.29, 1.82) is 0 Å². The molecule has 0 aromatic heterocycles. The standard InChI is InChI=1S/C20H23NO2/c21-20(22)17-9-13-19(14-10-17)23-18-11-7-16(8-12-18)15-5-3-1-2-4-6-15/h7-15H,1-6H2,(H2,21,22). The number of carbonyl (C=O) groups is 1. The fourth-order valence-electron chi connectivity index (χ4n) is 3.24. The van der Waals surface area contributed by atoms with Crippen molar-refractivity contribution in [2.24, 2.45) is 5.73 Å². The fourth-order valence-corrected chi connectivity index (χ4v) is 3.24. The van der Waals surface area contributed by atoms with Crippen molar-refractivity contribution in [3.8, 4) is 11.5 Å². The summed E-state index contributed by atoms with van der Waals surface area (Å²) >= 11 is 0. The normalized spacial score (nSPS) is 15.8. The minimum absolute atomic E-state index is 0.427. The number of primary amides is 1. The Bertz CT molecular complexity index is 638. The molecule has 1 saturated carbocycles. The van der Waals surface area contributed by atoms with Crippen LogP contribution >= 0.6 is 0 Å². The Morgan fingerprint density at radius 2 is 1.35 bits per heavy atom. The number of hydrogen-bond donors (Lipinski definition) is 1. The second-order valence-electron chi connectivity index (χ2n) is 6.25. The molecule has 0 radical (unpaired) electrons.